The Labute approximate surface area is 137 Å². The maximum absolute atomic E-state index is 13.9. The molecule has 1 aromatic heterocycles. The summed E-state index contributed by atoms with van der Waals surface area (Å²) in [6.45, 7) is 0.0689. The van der Waals surface area contributed by atoms with Gasteiger partial charge >= 0.3 is 5.97 Å². The maximum Gasteiger partial charge on any atom is 0.358 e. The number of aromatic nitrogens is 3. The highest BCUT2D eigenvalue weighted by molar-refractivity contribution is 5.92. The van der Waals surface area contributed by atoms with Crippen molar-refractivity contribution in [2.45, 2.75) is 6.54 Å². The monoisotopic (exact) mass is 327 g/mol. The van der Waals surface area contributed by atoms with Crippen molar-refractivity contribution in [1.29, 1.82) is 0 Å². The van der Waals surface area contributed by atoms with E-state index in [1.54, 1.807) is 42.5 Å². The van der Waals surface area contributed by atoms with Crippen molar-refractivity contribution < 1.29 is 19.0 Å². The van der Waals surface area contributed by atoms with Crippen molar-refractivity contribution in [3.8, 4) is 17.0 Å². The lowest BCUT2D eigenvalue weighted by Crippen LogP contribution is -2.07. The van der Waals surface area contributed by atoms with Gasteiger partial charge in [-0.05, 0) is 18.2 Å². The lowest BCUT2D eigenvalue weighted by atomic mass is 10.1. The Kier molecular flexibility index (Phi) is 4.24. The number of carboxylic acids is 1. The molecule has 0 unspecified atom stereocenters. The molecule has 1 heterocycles. The van der Waals surface area contributed by atoms with E-state index in [9.17, 15) is 14.3 Å². The molecule has 122 valence electrons. The zero-order chi connectivity index (χ0) is 17.1. The molecule has 0 atom stereocenters. The number of ether oxygens (including phenoxy) is 1. The number of benzene rings is 2. The summed E-state index contributed by atoms with van der Waals surface area (Å²) in [4.78, 5) is 11.5. The SMILES string of the molecule is COc1cccc(-c2c(C(=O)O)nnn2Cc2ccccc2F)c1. The molecule has 0 aliphatic heterocycles. The Morgan fingerprint density at radius 2 is 2.04 bits per heavy atom. The van der Waals surface area contributed by atoms with Crippen LogP contribution in [0.25, 0.3) is 11.3 Å². The Bertz CT molecular complexity index is 892. The molecule has 0 radical (unpaired) electrons. The van der Waals surface area contributed by atoms with Gasteiger partial charge in [-0.15, -0.1) is 5.10 Å². The van der Waals surface area contributed by atoms with E-state index in [4.69, 9.17) is 4.74 Å². The third-order valence-corrected chi connectivity index (χ3v) is 3.56. The predicted octanol–water partition coefficient (Wildman–Crippen LogP) is 2.84. The summed E-state index contributed by atoms with van der Waals surface area (Å²) in [5.74, 6) is -1.02. The topological polar surface area (TPSA) is 77.2 Å². The van der Waals surface area contributed by atoms with Crippen LogP contribution in [-0.4, -0.2) is 33.2 Å². The molecule has 7 heteroatoms. The van der Waals surface area contributed by atoms with Crippen LogP contribution in [0.4, 0.5) is 4.39 Å². The first kappa shape index (κ1) is 15.7. The number of aromatic carboxylic acids is 1. The van der Waals surface area contributed by atoms with Crippen molar-refractivity contribution in [2.24, 2.45) is 0 Å². The van der Waals surface area contributed by atoms with E-state index in [0.29, 0.717) is 22.6 Å². The largest absolute Gasteiger partial charge is 0.497 e. The summed E-state index contributed by atoms with van der Waals surface area (Å²) in [5.41, 5.74) is 1.07. The molecule has 0 saturated carbocycles. The van der Waals surface area contributed by atoms with Crippen molar-refractivity contribution in [3.05, 3.63) is 65.6 Å². The van der Waals surface area contributed by atoms with E-state index in [-0.39, 0.29) is 18.1 Å². The second kappa shape index (κ2) is 6.49. The van der Waals surface area contributed by atoms with Gasteiger partial charge in [0.15, 0.2) is 5.69 Å². The molecule has 1 N–H and O–H groups in total. The first-order chi connectivity index (χ1) is 11.6. The molecule has 3 aromatic rings. The van der Waals surface area contributed by atoms with Gasteiger partial charge in [0.1, 0.15) is 17.3 Å². The van der Waals surface area contributed by atoms with E-state index >= 15 is 0 Å². The highest BCUT2D eigenvalue weighted by atomic mass is 19.1. The number of rotatable bonds is 5. The molecule has 0 amide bonds. The number of halogens is 1. The minimum absolute atomic E-state index is 0.0689. The number of methoxy groups -OCH3 is 1. The van der Waals surface area contributed by atoms with E-state index in [1.807, 2.05) is 0 Å². The molecule has 0 aliphatic carbocycles. The summed E-state index contributed by atoms with van der Waals surface area (Å²) >= 11 is 0. The highest BCUT2D eigenvalue weighted by Crippen LogP contribution is 2.27. The van der Waals surface area contributed by atoms with E-state index < -0.39 is 5.97 Å². The summed E-state index contributed by atoms with van der Waals surface area (Å²) in [5, 5.41) is 17.0. The molecule has 2 aromatic carbocycles. The fourth-order valence-corrected chi connectivity index (χ4v) is 2.41. The van der Waals surface area contributed by atoms with Crippen molar-refractivity contribution >= 4 is 5.97 Å². The molecule has 6 nitrogen and oxygen atoms in total. The van der Waals surface area contributed by atoms with Crippen molar-refractivity contribution in [3.63, 3.8) is 0 Å². The quantitative estimate of drug-likeness (QED) is 0.780. The Hall–Kier alpha value is -3.22. The van der Waals surface area contributed by atoms with Crippen molar-refractivity contribution in [2.75, 3.05) is 7.11 Å². The first-order valence-corrected chi connectivity index (χ1v) is 7.14. The Balaban J connectivity index is 2.11. The van der Waals surface area contributed by atoms with Gasteiger partial charge in [-0.1, -0.05) is 35.5 Å². The number of hydrogen-bond donors (Lipinski definition) is 1. The molecule has 24 heavy (non-hydrogen) atoms. The first-order valence-electron chi connectivity index (χ1n) is 7.14. The van der Waals surface area contributed by atoms with Crippen LogP contribution in [0.5, 0.6) is 5.75 Å². The summed E-state index contributed by atoms with van der Waals surface area (Å²) < 4.78 is 20.4. The van der Waals surface area contributed by atoms with E-state index in [2.05, 4.69) is 10.3 Å². The lowest BCUT2D eigenvalue weighted by Gasteiger charge is -2.09. The summed E-state index contributed by atoms with van der Waals surface area (Å²) in [6.07, 6.45) is 0. The predicted molar refractivity (Wildman–Crippen MR) is 84.5 cm³/mol. The summed E-state index contributed by atoms with van der Waals surface area (Å²) in [7, 11) is 1.52. The second-order valence-corrected chi connectivity index (χ2v) is 5.07. The van der Waals surface area contributed by atoms with Crippen LogP contribution in [0.3, 0.4) is 0 Å². The number of carboxylic acid groups (broad SMARTS) is 1. The lowest BCUT2D eigenvalue weighted by molar-refractivity contribution is 0.0691. The normalized spacial score (nSPS) is 10.6. The van der Waals surface area contributed by atoms with Gasteiger partial charge in [-0.25, -0.2) is 13.9 Å². The van der Waals surface area contributed by atoms with Gasteiger partial charge in [0.25, 0.3) is 0 Å². The van der Waals surface area contributed by atoms with Crippen LogP contribution in [-0.2, 0) is 6.54 Å². The van der Waals surface area contributed by atoms with Gasteiger partial charge in [-0.3, -0.25) is 0 Å². The molecule has 0 fully saturated rings. The molecule has 0 saturated heterocycles. The fourth-order valence-electron chi connectivity index (χ4n) is 2.41. The number of nitrogens with zero attached hydrogens (tertiary/aromatic N) is 3. The van der Waals surface area contributed by atoms with Crippen molar-refractivity contribution in [1.82, 2.24) is 15.0 Å². The van der Waals surface area contributed by atoms with Crippen LogP contribution in [0, 0.1) is 5.82 Å². The minimum atomic E-state index is -1.20. The number of hydrogen-bond acceptors (Lipinski definition) is 4. The van der Waals surface area contributed by atoms with Gasteiger partial charge in [0, 0.05) is 11.1 Å². The minimum Gasteiger partial charge on any atom is -0.497 e. The zero-order valence-corrected chi connectivity index (χ0v) is 12.8. The van der Waals surface area contributed by atoms with Gasteiger partial charge in [0.05, 0.1) is 13.7 Å². The molecular formula is C17H14FN3O3. The average Bonchev–Trinajstić information content (AvgIpc) is 3.01. The van der Waals surface area contributed by atoms with Crippen LogP contribution in [0.2, 0.25) is 0 Å². The second-order valence-electron chi connectivity index (χ2n) is 5.07. The molecular weight excluding hydrogens is 313 g/mol. The van der Waals surface area contributed by atoms with Crippen LogP contribution in [0.1, 0.15) is 16.1 Å². The fraction of sp³-hybridized carbons (Fsp3) is 0.118. The van der Waals surface area contributed by atoms with Gasteiger partial charge < -0.3 is 9.84 Å². The Morgan fingerprint density at radius 3 is 2.75 bits per heavy atom. The smallest absolute Gasteiger partial charge is 0.358 e. The van der Waals surface area contributed by atoms with E-state index in [1.165, 1.54) is 17.9 Å². The van der Waals surface area contributed by atoms with Crippen LogP contribution < -0.4 is 4.74 Å². The van der Waals surface area contributed by atoms with Gasteiger partial charge in [-0.2, -0.15) is 0 Å². The van der Waals surface area contributed by atoms with Crippen LogP contribution >= 0.6 is 0 Å². The third-order valence-electron chi connectivity index (χ3n) is 3.56. The third kappa shape index (κ3) is 2.96. The van der Waals surface area contributed by atoms with E-state index in [0.717, 1.165) is 0 Å². The Morgan fingerprint density at radius 1 is 1.25 bits per heavy atom. The standard InChI is InChI=1S/C17H14FN3O3/c1-24-13-7-4-6-11(9-13)16-15(17(22)23)19-20-21(16)10-12-5-2-3-8-14(12)18/h2-9H,10H2,1H3,(H,22,23). The molecule has 0 spiro atoms. The van der Waals surface area contributed by atoms with Crippen LogP contribution in [0.15, 0.2) is 48.5 Å². The maximum atomic E-state index is 13.9. The molecule has 0 bridgehead atoms. The number of carbonyl (C=O) groups is 1. The highest BCUT2D eigenvalue weighted by Gasteiger charge is 2.21. The van der Waals surface area contributed by atoms with Gasteiger partial charge in [0.2, 0.25) is 0 Å². The summed E-state index contributed by atoms with van der Waals surface area (Å²) in [6, 6.07) is 13.1. The average molecular weight is 327 g/mol. The molecule has 0 aliphatic rings. The molecule has 3 rings (SSSR count). The zero-order valence-electron chi connectivity index (χ0n) is 12.8.